The predicted molar refractivity (Wildman–Crippen MR) is 113 cm³/mol. The van der Waals surface area contributed by atoms with Crippen LogP contribution >= 0.6 is 69.6 Å². The third kappa shape index (κ3) is 12.0. The van der Waals surface area contributed by atoms with E-state index < -0.39 is 43.4 Å². The van der Waals surface area contributed by atoms with E-state index in [0.717, 1.165) is 32.1 Å². The standard InChI is InChI=1S/C15H24Cl6O4S/c1-10(17)12(19)15(25-26(22,23)24)14(21)13(20)11(18)8-6-4-2-3-5-7-9-16/h7,9-15H,2-6,8H2,1H3,(H,22,23,24)/b9-7+/t10-,11-,12-,13+,14-,15-/m0/s1. The molecule has 1 N–H and O–H groups in total. The minimum absolute atomic E-state index is 0.524. The number of allylic oxidation sites excluding steroid dienone is 1. The third-order valence-electron chi connectivity index (χ3n) is 3.64. The highest BCUT2D eigenvalue weighted by Crippen LogP contribution is 2.31. The van der Waals surface area contributed by atoms with Crippen LogP contribution in [0, 0.1) is 0 Å². The molecule has 0 fully saturated rings. The molecule has 156 valence electrons. The number of rotatable bonds is 14. The second kappa shape index (κ2) is 14.4. The lowest BCUT2D eigenvalue weighted by atomic mass is 10.0. The molecular weight excluding hydrogens is 489 g/mol. The van der Waals surface area contributed by atoms with Crippen LogP contribution in [0.1, 0.15) is 45.4 Å². The molecule has 6 atom stereocenters. The number of hydrogen-bond acceptors (Lipinski definition) is 3. The molecule has 0 aromatic carbocycles. The second-order valence-corrected chi connectivity index (χ2v) is 9.93. The molecule has 0 aromatic rings. The van der Waals surface area contributed by atoms with Gasteiger partial charge in [0.25, 0.3) is 0 Å². The van der Waals surface area contributed by atoms with E-state index in [4.69, 9.17) is 74.2 Å². The van der Waals surface area contributed by atoms with Crippen LogP contribution in [0.15, 0.2) is 11.6 Å². The number of halogens is 6. The first kappa shape index (κ1) is 27.4. The summed E-state index contributed by atoms with van der Waals surface area (Å²) in [7, 11) is -4.78. The van der Waals surface area contributed by atoms with Gasteiger partial charge in [0.2, 0.25) is 0 Å². The molecule has 0 unspecified atom stereocenters. The fourth-order valence-corrected chi connectivity index (χ4v) is 4.47. The van der Waals surface area contributed by atoms with Crippen molar-refractivity contribution in [2.75, 3.05) is 0 Å². The highest BCUT2D eigenvalue weighted by Gasteiger charge is 2.40. The minimum atomic E-state index is -4.78. The van der Waals surface area contributed by atoms with Gasteiger partial charge in [-0.25, -0.2) is 4.18 Å². The van der Waals surface area contributed by atoms with E-state index in [-0.39, 0.29) is 0 Å². The second-order valence-electron chi connectivity index (χ2n) is 5.87. The molecule has 0 aliphatic heterocycles. The zero-order valence-corrected chi connectivity index (χ0v) is 19.6. The smallest absolute Gasteiger partial charge is 0.264 e. The Kier molecular flexibility index (Phi) is 15.1. The monoisotopic (exact) mass is 510 g/mol. The summed E-state index contributed by atoms with van der Waals surface area (Å²) in [5, 5.41) is -4.10. The summed E-state index contributed by atoms with van der Waals surface area (Å²) in [5.41, 5.74) is 1.50. The van der Waals surface area contributed by atoms with Crippen molar-refractivity contribution in [1.82, 2.24) is 0 Å². The molecule has 0 radical (unpaired) electrons. The summed E-state index contributed by atoms with van der Waals surface area (Å²) in [6, 6.07) is 0. The first-order valence-corrected chi connectivity index (χ1v) is 12.1. The van der Waals surface area contributed by atoms with E-state index >= 15 is 0 Å². The van der Waals surface area contributed by atoms with Gasteiger partial charge in [0.05, 0.1) is 21.5 Å². The van der Waals surface area contributed by atoms with E-state index in [2.05, 4.69) is 4.18 Å². The maximum Gasteiger partial charge on any atom is 0.397 e. The van der Waals surface area contributed by atoms with Crippen LogP contribution in [0.3, 0.4) is 0 Å². The Bertz CT molecular complexity index is 502. The van der Waals surface area contributed by atoms with Gasteiger partial charge in [-0.2, -0.15) is 8.42 Å². The zero-order valence-electron chi connectivity index (χ0n) is 14.2. The molecule has 0 saturated heterocycles. The Morgan fingerprint density at radius 2 is 1.54 bits per heavy atom. The average Bonchev–Trinajstić information content (AvgIpc) is 2.55. The van der Waals surface area contributed by atoms with Crippen LogP contribution in [0.4, 0.5) is 0 Å². The van der Waals surface area contributed by atoms with Crippen molar-refractivity contribution in [2.24, 2.45) is 0 Å². The van der Waals surface area contributed by atoms with Crippen LogP contribution in [0.25, 0.3) is 0 Å². The van der Waals surface area contributed by atoms with Crippen LogP contribution in [0.2, 0.25) is 0 Å². The van der Waals surface area contributed by atoms with Gasteiger partial charge in [-0.3, -0.25) is 4.55 Å². The lowest BCUT2D eigenvalue weighted by molar-refractivity contribution is 0.168. The Balaban J connectivity index is 4.61. The van der Waals surface area contributed by atoms with E-state index in [1.807, 2.05) is 6.08 Å². The normalized spacial score (nSPS) is 19.8. The molecule has 0 bridgehead atoms. The zero-order chi connectivity index (χ0) is 20.3. The topological polar surface area (TPSA) is 63.6 Å². The highest BCUT2D eigenvalue weighted by molar-refractivity contribution is 7.80. The molecule has 0 aliphatic rings. The predicted octanol–water partition coefficient (Wildman–Crippen LogP) is 6.32. The number of alkyl halides is 5. The van der Waals surface area contributed by atoms with Gasteiger partial charge in [-0.15, -0.1) is 58.0 Å². The number of hydrogen-bond donors (Lipinski definition) is 1. The molecule has 0 aromatic heterocycles. The molecular formula is C15H24Cl6O4S. The van der Waals surface area contributed by atoms with Crippen molar-refractivity contribution < 1.29 is 17.2 Å². The van der Waals surface area contributed by atoms with Crippen LogP contribution in [-0.2, 0) is 14.6 Å². The fraction of sp³-hybridized carbons (Fsp3) is 0.867. The molecule has 0 rings (SSSR count). The summed E-state index contributed by atoms with van der Waals surface area (Å²) < 4.78 is 35.7. The van der Waals surface area contributed by atoms with Crippen molar-refractivity contribution in [1.29, 1.82) is 0 Å². The molecule has 0 aliphatic carbocycles. The Morgan fingerprint density at radius 3 is 2.04 bits per heavy atom. The lowest BCUT2D eigenvalue weighted by Gasteiger charge is -2.30. The van der Waals surface area contributed by atoms with Crippen molar-refractivity contribution in [3.05, 3.63) is 11.6 Å². The molecule has 0 heterocycles. The largest absolute Gasteiger partial charge is 0.397 e. The molecule has 11 heteroatoms. The Labute approximate surface area is 186 Å². The Morgan fingerprint density at radius 1 is 0.962 bits per heavy atom. The molecule has 4 nitrogen and oxygen atoms in total. The fourth-order valence-electron chi connectivity index (χ4n) is 2.24. The maximum atomic E-state index is 11.1. The van der Waals surface area contributed by atoms with E-state index in [9.17, 15) is 8.42 Å². The lowest BCUT2D eigenvalue weighted by Crippen LogP contribution is -2.45. The number of unbranched alkanes of at least 4 members (excludes halogenated alkanes) is 4. The minimum Gasteiger partial charge on any atom is -0.264 e. The highest BCUT2D eigenvalue weighted by atomic mass is 35.5. The molecule has 0 saturated carbocycles. The molecule has 0 spiro atoms. The average molecular weight is 513 g/mol. The van der Waals surface area contributed by atoms with E-state index in [0.29, 0.717) is 6.42 Å². The van der Waals surface area contributed by atoms with Gasteiger partial charge in [0.1, 0.15) is 6.10 Å². The summed E-state index contributed by atoms with van der Waals surface area (Å²) in [6.45, 7) is 1.55. The summed E-state index contributed by atoms with van der Waals surface area (Å²) >= 11 is 36.3. The first-order valence-electron chi connectivity index (χ1n) is 8.12. The maximum absolute atomic E-state index is 11.1. The summed E-state index contributed by atoms with van der Waals surface area (Å²) in [6.07, 6.45) is 5.96. The van der Waals surface area contributed by atoms with Gasteiger partial charge in [-0.05, 0) is 26.2 Å². The van der Waals surface area contributed by atoms with Crippen molar-refractivity contribution >= 4 is 80.0 Å². The van der Waals surface area contributed by atoms with Gasteiger partial charge in [0, 0.05) is 10.9 Å². The van der Waals surface area contributed by atoms with Gasteiger partial charge < -0.3 is 0 Å². The van der Waals surface area contributed by atoms with Crippen molar-refractivity contribution in [3.8, 4) is 0 Å². The van der Waals surface area contributed by atoms with E-state index in [1.54, 1.807) is 6.92 Å². The van der Waals surface area contributed by atoms with Gasteiger partial charge in [-0.1, -0.05) is 36.9 Å². The van der Waals surface area contributed by atoms with E-state index in [1.165, 1.54) is 5.54 Å². The quantitative estimate of drug-likeness (QED) is 0.168. The van der Waals surface area contributed by atoms with Crippen molar-refractivity contribution in [3.63, 3.8) is 0 Å². The van der Waals surface area contributed by atoms with Gasteiger partial charge in [0.15, 0.2) is 0 Å². The van der Waals surface area contributed by atoms with Crippen LogP contribution in [0.5, 0.6) is 0 Å². The molecule has 0 amide bonds. The summed E-state index contributed by atoms with van der Waals surface area (Å²) in [4.78, 5) is 0. The van der Waals surface area contributed by atoms with Gasteiger partial charge >= 0.3 is 10.4 Å². The third-order valence-corrected chi connectivity index (χ3v) is 7.15. The summed E-state index contributed by atoms with van der Waals surface area (Å²) in [5.74, 6) is 0. The Hall–Kier alpha value is 1.35. The SMILES string of the molecule is C[C@H](Cl)[C@H](Cl)[C@H](OS(=O)(=O)O)[C@@H](Cl)[C@H](Cl)[C@@H](Cl)CCCCCC/C=C/Cl. The van der Waals surface area contributed by atoms with Crippen LogP contribution in [-0.4, -0.2) is 46.0 Å². The van der Waals surface area contributed by atoms with Crippen LogP contribution < -0.4 is 0 Å². The molecule has 26 heavy (non-hydrogen) atoms. The first-order chi connectivity index (χ1) is 12.0. The van der Waals surface area contributed by atoms with Crippen molar-refractivity contribution in [2.45, 2.75) is 78.4 Å².